The van der Waals surface area contributed by atoms with Crippen molar-refractivity contribution in [2.45, 2.75) is 13.3 Å². The van der Waals surface area contributed by atoms with Crippen LogP contribution in [0.25, 0.3) is 5.57 Å². The molecule has 1 aromatic carbocycles. The van der Waals surface area contributed by atoms with E-state index in [-0.39, 0.29) is 0 Å². The van der Waals surface area contributed by atoms with E-state index >= 15 is 0 Å². The zero-order valence-electron chi connectivity index (χ0n) is 13.0. The van der Waals surface area contributed by atoms with Crippen LogP contribution in [0.4, 0.5) is 0 Å². The molecule has 0 fully saturated rings. The van der Waals surface area contributed by atoms with Crippen molar-refractivity contribution in [1.82, 2.24) is 10.2 Å². The lowest BCUT2D eigenvalue weighted by molar-refractivity contribution is 0.152. The molecule has 4 nitrogen and oxygen atoms in total. The van der Waals surface area contributed by atoms with Crippen LogP contribution in [-0.4, -0.2) is 50.8 Å². The molecule has 0 atom stereocenters. The monoisotopic (exact) mass is 287 g/mol. The van der Waals surface area contributed by atoms with Crippen LogP contribution in [0.1, 0.15) is 18.9 Å². The predicted molar refractivity (Wildman–Crippen MR) is 88.5 cm³/mol. The lowest BCUT2D eigenvalue weighted by Gasteiger charge is -2.29. The van der Waals surface area contributed by atoms with Gasteiger partial charge in [0.25, 0.3) is 0 Å². The number of aliphatic imine (C=N–C) groups is 1. The summed E-state index contributed by atoms with van der Waals surface area (Å²) in [6, 6.07) is 10.6. The molecule has 0 unspecified atom stereocenters. The Morgan fingerprint density at radius 3 is 2.76 bits per heavy atom. The van der Waals surface area contributed by atoms with E-state index < -0.39 is 0 Å². The molecule has 0 saturated carbocycles. The molecule has 1 heterocycles. The smallest absolute Gasteiger partial charge is 0.194 e. The van der Waals surface area contributed by atoms with Crippen molar-refractivity contribution < 1.29 is 4.74 Å². The summed E-state index contributed by atoms with van der Waals surface area (Å²) in [6.07, 6.45) is 3.35. The van der Waals surface area contributed by atoms with Crippen LogP contribution in [0.15, 0.2) is 41.4 Å². The minimum Gasteiger partial charge on any atom is -0.380 e. The van der Waals surface area contributed by atoms with Crippen LogP contribution in [0.2, 0.25) is 0 Å². The lowest BCUT2D eigenvalue weighted by atomic mass is 10.00. The molecule has 0 radical (unpaired) electrons. The van der Waals surface area contributed by atoms with Crippen molar-refractivity contribution in [3.8, 4) is 0 Å². The average Bonchev–Trinajstić information content (AvgIpc) is 2.56. The van der Waals surface area contributed by atoms with Gasteiger partial charge in [-0.25, -0.2) is 0 Å². The molecule has 0 spiro atoms. The summed E-state index contributed by atoms with van der Waals surface area (Å²) >= 11 is 0. The predicted octanol–water partition coefficient (Wildman–Crippen LogP) is 2.39. The second-order valence-electron chi connectivity index (χ2n) is 4.96. The first-order chi connectivity index (χ1) is 10.3. The summed E-state index contributed by atoms with van der Waals surface area (Å²) in [7, 11) is 1.83. The number of rotatable bonds is 5. The topological polar surface area (TPSA) is 36.9 Å². The Labute approximate surface area is 127 Å². The van der Waals surface area contributed by atoms with Crippen molar-refractivity contribution in [2.75, 3.05) is 39.9 Å². The SMILES string of the molecule is CCOCCNC(=NC)N1CC=C(c2ccccc2)CC1. The van der Waals surface area contributed by atoms with Crippen LogP contribution in [0.3, 0.4) is 0 Å². The quantitative estimate of drug-likeness (QED) is 0.513. The molecule has 114 valence electrons. The maximum Gasteiger partial charge on any atom is 0.194 e. The Bertz CT molecular complexity index is 482. The molecule has 1 aliphatic rings. The summed E-state index contributed by atoms with van der Waals surface area (Å²) in [5.41, 5.74) is 2.76. The fourth-order valence-electron chi connectivity index (χ4n) is 2.49. The number of hydrogen-bond donors (Lipinski definition) is 1. The minimum absolute atomic E-state index is 0.717. The molecule has 1 aromatic rings. The van der Waals surface area contributed by atoms with Crippen molar-refractivity contribution >= 4 is 11.5 Å². The third-order valence-electron chi connectivity index (χ3n) is 3.60. The van der Waals surface area contributed by atoms with Crippen LogP contribution in [0, 0.1) is 0 Å². The van der Waals surface area contributed by atoms with Gasteiger partial charge in [0.2, 0.25) is 0 Å². The number of nitrogens with zero attached hydrogens (tertiary/aromatic N) is 2. The molecular formula is C17H25N3O. The van der Waals surface area contributed by atoms with Gasteiger partial charge in [0.05, 0.1) is 6.61 Å². The van der Waals surface area contributed by atoms with E-state index in [2.05, 4.69) is 51.6 Å². The first-order valence-corrected chi connectivity index (χ1v) is 7.63. The van der Waals surface area contributed by atoms with Gasteiger partial charge in [0.15, 0.2) is 5.96 Å². The van der Waals surface area contributed by atoms with Gasteiger partial charge in [-0.3, -0.25) is 4.99 Å². The highest BCUT2D eigenvalue weighted by atomic mass is 16.5. The molecule has 0 aromatic heterocycles. The number of ether oxygens (including phenoxy) is 1. The second-order valence-corrected chi connectivity index (χ2v) is 4.96. The standard InChI is InChI=1S/C17H25N3O/c1-3-21-14-11-19-17(18-2)20-12-9-16(10-13-20)15-7-5-4-6-8-15/h4-9H,3,10-14H2,1-2H3,(H,18,19). The summed E-state index contributed by atoms with van der Waals surface area (Å²) in [4.78, 5) is 6.63. The maximum atomic E-state index is 5.34. The molecule has 0 amide bonds. The van der Waals surface area contributed by atoms with Gasteiger partial charge in [-0.15, -0.1) is 0 Å². The normalized spacial score (nSPS) is 15.8. The van der Waals surface area contributed by atoms with E-state index in [4.69, 9.17) is 4.74 Å². The van der Waals surface area contributed by atoms with Gasteiger partial charge in [-0.2, -0.15) is 0 Å². The van der Waals surface area contributed by atoms with Crippen molar-refractivity contribution in [3.63, 3.8) is 0 Å². The molecule has 2 rings (SSSR count). The third kappa shape index (κ3) is 4.60. The van der Waals surface area contributed by atoms with Crippen LogP contribution in [0.5, 0.6) is 0 Å². The van der Waals surface area contributed by atoms with E-state index in [1.54, 1.807) is 0 Å². The van der Waals surface area contributed by atoms with Crippen molar-refractivity contribution in [2.24, 2.45) is 4.99 Å². The fraction of sp³-hybridized carbons (Fsp3) is 0.471. The van der Waals surface area contributed by atoms with Gasteiger partial charge >= 0.3 is 0 Å². The number of guanidine groups is 1. The van der Waals surface area contributed by atoms with E-state index in [1.807, 2.05) is 14.0 Å². The maximum absolute atomic E-state index is 5.34. The molecule has 21 heavy (non-hydrogen) atoms. The first-order valence-electron chi connectivity index (χ1n) is 7.63. The highest BCUT2D eigenvalue weighted by Gasteiger charge is 2.15. The van der Waals surface area contributed by atoms with Gasteiger partial charge in [-0.05, 0) is 24.5 Å². The van der Waals surface area contributed by atoms with E-state index in [0.717, 1.165) is 38.6 Å². The highest BCUT2D eigenvalue weighted by molar-refractivity contribution is 5.81. The Morgan fingerprint density at radius 2 is 2.14 bits per heavy atom. The number of hydrogen-bond acceptors (Lipinski definition) is 2. The highest BCUT2D eigenvalue weighted by Crippen LogP contribution is 2.21. The zero-order valence-corrected chi connectivity index (χ0v) is 13.0. The lowest BCUT2D eigenvalue weighted by Crippen LogP contribution is -2.44. The Morgan fingerprint density at radius 1 is 1.33 bits per heavy atom. The van der Waals surface area contributed by atoms with Crippen molar-refractivity contribution in [1.29, 1.82) is 0 Å². The molecular weight excluding hydrogens is 262 g/mol. The van der Waals surface area contributed by atoms with Crippen LogP contribution >= 0.6 is 0 Å². The van der Waals surface area contributed by atoms with Gasteiger partial charge in [0, 0.05) is 33.3 Å². The molecule has 1 N–H and O–H groups in total. The number of nitrogens with one attached hydrogen (secondary N) is 1. The second kappa shape index (κ2) is 8.47. The molecule has 4 heteroatoms. The Balaban J connectivity index is 1.88. The summed E-state index contributed by atoms with van der Waals surface area (Å²) < 4.78 is 5.34. The summed E-state index contributed by atoms with van der Waals surface area (Å²) in [6.45, 7) is 6.18. The van der Waals surface area contributed by atoms with Gasteiger partial charge < -0.3 is 15.0 Å². The van der Waals surface area contributed by atoms with Crippen LogP contribution < -0.4 is 5.32 Å². The number of benzene rings is 1. The molecule has 0 aliphatic carbocycles. The van der Waals surface area contributed by atoms with E-state index in [1.165, 1.54) is 11.1 Å². The third-order valence-corrected chi connectivity index (χ3v) is 3.60. The summed E-state index contributed by atoms with van der Waals surface area (Å²) in [5.74, 6) is 0.957. The van der Waals surface area contributed by atoms with Crippen LogP contribution in [-0.2, 0) is 4.74 Å². The average molecular weight is 287 g/mol. The first kappa shape index (κ1) is 15.6. The van der Waals surface area contributed by atoms with E-state index in [0.29, 0.717) is 6.61 Å². The summed E-state index contributed by atoms with van der Waals surface area (Å²) in [5, 5.41) is 3.35. The Kier molecular flexibility index (Phi) is 6.28. The molecule has 1 aliphatic heterocycles. The van der Waals surface area contributed by atoms with Crippen molar-refractivity contribution in [3.05, 3.63) is 42.0 Å². The molecule has 0 bridgehead atoms. The Hall–Kier alpha value is -1.81. The van der Waals surface area contributed by atoms with Gasteiger partial charge in [-0.1, -0.05) is 36.4 Å². The fourth-order valence-corrected chi connectivity index (χ4v) is 2.49. The minimum atomic E-state index is 0.717. The zero-order chi connectivity index (χ0) is 14.9. The largest absolute Gasteiger partial charge is 0.380 e. The van der Waals surface area contributed by atoms with Gasteiger partial charge in [0.1, 0.15) is 0 Å². The molecule has 0 saturated heterocycles. The van der Waals surface area contributed by atoms with E-state index in [9.17, 15) is 0 Å².